The minimum absolute atomic E-state index is 0.0163. The molecular weight excluding hydrogens is 433 g/mol. The van der Waals surface area contributed by atoms with Crippen LogP contribution in [0.5, 0.6) is 5.75 Å². The lowest BCUT2D eigenvalue weighted by Crippen LogP contribution is -2.37. The minimum Gasteiger partial charge on any atom is -0.495 e. The molecule has 0 aromatic heterocycles. The van der Waals surface area contributed by atoms with Crippen LogP contribution in [0.15, 0.2) is 71.6 Å². The number of ether oxygens (including phenoxy) is 1. The van der Waals surface area contributed by atoms with Crippen LogP contribution in [-0.2, 0) is 10.0 Å². The first kappa shape index (κ1) is 21.2. The Labute approximate surface area is 179 Å². The number of rotatable bonds is 5. The Morgan fingerprint density at radius 1 is 0.931 bits per heavy atom. The van der Waals surface area contributed by atoms with Crippen molar-refractivity contribution in [1.82, 2.24) is 0 Å². The maximum Gasteiger partial charge on any atom is 0.272 e. The van der Waals surface area contributed by atoms with Crippen molar-refractivity contribution in [3.63, 3.8) is 0 Å². The number of amides is 1. The quantitative estimate of drug-likeness (QED) is 0.526. The Hall–Kier alpha value is -2.54. The summed E-state index contributed by atoms with van der Waals surface area (Å²) in [7, 11) is -2.77. The van der Waals surface area contributed by atoms with E-state index < -0.39 is 15.9 Å². The van der Waals surface area contributed by atoms with Crippen LogP contribution in [0, 0.1) is 6.92 Å². The Morgan fingerprint density at radius 3 is 2.10 bits per heavy atom. The number of halogens is 2. The van der Waals surface area contributed by atoms with Gasteiger partial charge in [0.1, 0.15) is 5.75 Å². The van der Waals surface area contributed by atoms with Gasteiger partial charge in [-0.3, -0.25) is 4.79 Å². The summed E-state index contributed by atoms with van der Waals surface area (Å²) in [6, 6.07) is 16.6. The molecule has 3 aromatic carbocycles. The van der Waals surface area contributed by atoms with Gasteiger partial charge >= 0.3 is 0 Å². The van der Waals surface area contributed by atoms with Crippen LogP contribution < -0.4 is 9.04 Å². The van der Waals surface area contributed by atoms with Crippen LogP contribution in [-0.4, -0.2) is 21.4 Å². The zero-order valence-corrected chi connectivity index (χ0v) is 17.9. The van der Waals surface area contributed by atoms with Crippen molar-refractivity contribution in [2.24, 2.45) is 0 Å². The molecule has 0 radical (unpaired) electrons. The van der Waals surface area contributed by atoms with Gasteiger partial charge in [-0.2, -0.15) is 4.31 Å². The lowest BCUT2D eigenvalue weighted by molar-refractivity contribution is 0.101. The second-order valence-electron chi connectivity index (χ2n) is 6.21. The van der Waals surface area contributed by atoms with Crippen LogP contribution in [0.4, 0.5) is 5.69 Å². The average molecular weight is 450 g/mol. The number of benzene rings is 3. The van der Waals surface area contributed by atoms with E-state index in [9.17, 15) is 13.2 Å². The lowest BCUT2D eigenvalue weighted by atomic mass is 10.2. The van der Waals surface area contributed by atoms with Gasteiger partial charge < -0.3 is 4.74 Å². The molecule has 0 aliphatic heterocycles. The Morgan fingerprint density at radius 2 is 1.55 bits per heavy atom. The van der Waals surface area contributed by atoms with E-state index in [1.165, 1.54) is 61.7 Å². The van der Waals surface area contributed by atoms with Gasteiger partial charge in [0.2, 0.25) is 0 Å². The number of hydrogen-bond donors (Lipinski definition) is 0. The molecule has 3 aromatic rings. The summed E-state index contributed by atoms with van der Waals surface area (Å²) in [5.74, 6) is -0.370. The van der Waals surface area contributed by atoms with Crippen LogP contribution in [0.1, 0.15) is 15.9 Å². The third-order valence-corrected chi connectivity index (χ3v) is 6.48. The molecule has 0 saturated heterocycles. The number of aryl methyl sites for hydroxylation is 1. The molecule has 0 spiro atoms. The van der Waals surface area contributed by atoms with Gasteiger partial charge in [-0.1, -0.05) is 40.9 Å². The van der Waals surface area contributed by atoms with Crippen molar-refractivity contribution in [2.45, 2.75) is 11.8 Å². The molecule has 0 fully saturated rings. The zero-order chi connectivity index (χ0) is 21.2. The van der Waals surface area contributed by atoms with Gasteiger partial charge in [0.25, 0.3) is 15.9 Å². The molecule has 0 saturated carbocycles. The SMILES string of the molecule is COc1ccc(N(C(=O)c2ccc(Cl)cc2)S(=O)(=O)c2ccc(C)cc2)cc1Cl. The highest BCUT2D eigenvalue weighted by molar-refractivity contribution is 7.93. The van der Waals surface area contributed by atoms with Crippen LogP contribution in [0.25, 0.3) is 0 Å². The number of hydrogen-bond acceptors (Lipinski definition) is 4. The molecule has 29 heavy (non-hydrogen) atoms. The molecule has 8 heteroatoms. The topological polar surface area (TPSA) is 63.7 Å². The summed E-state index contributed by atoms with van der Waals surface area (Å²) in [4.78, 5) is 13.2. The summed E-state index contributed by atoms with van der Waals surface area (Å²) in [6.45, 7) is 1.84. The third-order valence-electron chi connectivity index (χ3n) is 4.20. The highest BCUT2D eigenvalue weighted by Gasteiger charge is 2.32. The number of anilines is 1. The van der Waals surface area contributed by atoms with Crippen molar-refractivity contribution in [1.29, 1.82) is 0 Å². The van der Waals surface area contributed by atoms with Gasteiger partial charge in [-0.25, -0.2) is 8.42 Å². The second kappa shape index (κ2) is 8.45. The molecule has 0 bridgehead atoms. The summed E-state index contributed by atoms with van der Waals surface area (Å²) in [6.07, 6.45) is 0. The van der Waals surface area contributed by atoms with E-state index in [4.69, 9.17) is 27.9 Å². The van der Waals surface area contributed by atoms with Gasteiger partial charge in [0.15, 0.2) is 0 Å². The van der Waals surface area contributed by atoms with E-state index in [0.29, 0.717) is 10.8 Å². The van der Waals surface area contributed by atoms with E-state index >= 15 is 0 Å². The van der Waals surface area contributed by atoms with E-state index in [0.717, 1.165) is 9.87 Å². The predicted molar refractivity (Wildman–Crippen MR) is 115 cm³/mol. The number of sulfonamides is 1. The van der Waals surface area contributed by atoms with Crippen LogP contribution in [0.3, 0.4) is 0 Å². The minimum atomic E-state index is -4.21. The first-order valence-corrected chi connectivity index (χ1v) is 10.7. The van der Waals surface area contributed by atoms with E-state index in [1.807, 2.05) is 6.92 Å². The molecule has 0 unspecified atom stereocenters. The summed E-state index contributed by atoms with van der Waals surface area (Å²) in [5.41, 5.74) is 1.15. The van der Waals surface area contributed by atoms with Crippen molar-refractivity contribution in [2.75, 3.05) is 11.4 Å². The van der Waals surface area contributed by atoms with Crippen LogP contribution in [0.2, 0.25) is 10.0 Å². The second-order valence-corrected chi connectivity index (χ2v) is 8.84. The molecule has 1 amide bonds. The summed E-state index contributed by atoms with van der Waals surface area (Å²) >= 11 is 12.1. The molecule has 3 rings (SSSR count). The fraction of sp³-hybridized carbons (Fsp3) is 0.0952. The predicted octanol–water partition coefficient (Wildman–Crippen LogP) is 5.35. The van der Waals surface area contributed by atoms with Crippen molar-refractivity contribution in [3.05, 3.63) is 87.9 Å². The number of carbonyl (C=O) groups excluding carboxylic acids is 1. The van der Waals surface area contributed by atoms with Gasteiger partial charge in [0, 0.05) is 10.6 Å². The Bertz CT molecular complexity index is 1140. The maximum absolute atomic E-state index is 13.4. The molecule has 0 heterocycles. The molecule has 150 valence electrons. The van der Waals surface area contributed by atoms with Crippen molar-refractivity contribution >= 4 is 44.8 Å². The summed E-state index contributed by atoms with van der Waals surface area (Å²) in [5, 5.41) is 0.611. The molecule has 0 aliphatic rings. The van der Waals surface area contributed by atoms with Crippen molar-refractivity contribution < 1.29 is 17.9 Å². The number of carbonyl (C=O) groups is 1. The molecular formula is C21H17Cl2NO4S. The number of methoxy groups -OCH3 is 1. The first-order chi connectivity index (χ1) is 13.7. The maximum atomic E-state index is 13.4. The average Bonchev–Trinajstić information content (AvgIpc) is 2.69. The molecule has 5 nitrogen and oxygen atoms in total. The number of nitrogens with zero attached hydrogens (tertiary/aromatic N) is 1. The monoisotopic (exact) mass is 449 g/mol. The highest BCUT2D eigenvalue weighted by atomic mass is 35.5. The lowest BCUT2D eigenvalue weighted by Gasteiger charge is -2.23. The van der Waals surface area contributed by atoms with Gasteiger partial charge in [0.05, 0.1) is 22.7 Å². The fourth-order valence-corrected chi connectivity index (χ4v) is 4.46. The first-order valence-electron chi connectivity index (χ1n) is 8.49. The molecule has 0 atom stereocenters. The van der Waals surface area contributed by atoms with E-state index in [2.05, 4.69) is 0 Å². The van der Waals surface area contributed by atoms with Gasteiger partial charge in [-0.15, -0.1) is 0 Å². The molecule has 0 aliphatic carbocycles. The smallest absolute Gasteiger partial charge is 0.272 e. The Balaban J connectivity index is 2.18. The zero-order valence-electron chi connectivity index (χ0n) is 15.6. The van der Waals surface area contributed by atoms with Crippen molar-refractivity contribution in [3.8, 4) is 5.75 Å². The van der Waals surface area contributed by atoms with E-state index in [-0.39, 0.29) is 21.2 Å². The van der Waals surface area contributed by atoms with Gasteiger partial charge in [-0.05, 0) is 61.5 Å². The normalized spacial score (nSPS) is 11.2. The Kier molecular flexibility index (Phi) is 6.17. The summed E-state index contributed by atoms with van der Waals surface area (Å²) < 4.78 is 32.6. The van der Waals surface area contributed by atoms with E-state index in [1.54, 1.807) is 12.1 Å². The highest BCUT2D eigenvalue weighted by Crippen LogP contribution is 2.33. The largest absolute Gasteiger partial charge is 0.495 e. The standard InChI is InChI=1S/C21H17Cl2NO4S/c1-14-3-10-18(11-4-14)29(26,27)24(17-9-12-20(28-2)19(23)13-17)21(25)15-5-7-16(22)8-6-15/h3-13H,1-2H3. The molecule has 0 N–H and O–H groups in total. The fourth-order valence-electron chi connectivity index (χ4n) is 2.67. The third kappa shape index (κ3) is 4.40. The van der Waals surface area contributed by atoms with Crippen LogP contribution >= 0.6 is 23.2 Å².